The van der Waals surface area contributed by atoms with Crippen LogP contribution in [0.1, 0.15) is 49.1 Å². The monoisotopic (exact) mass is 253 g/mol. The first-order valence-corrected chi connectivity index (χ1v) is 5.78. The van der Waals surface area contributed by atoms with E-state index in [1.807, 2.05) is 20.8 Å². The molecule has 5 heteroatoms. The number of rotatable bonds is 4. The lowest BCUT2D eigenvalue weighted by atomic mass is 9.92. The summed E-state index contributed by atoms with van der Waals surface area (Å²) < 4.78 is 5.26. The molecule has 5 nitrogen and oxygen atoms in total. The van der Waals surface area contributed by atoms with Crippen LogP contribution in [0.2, 0.25) is 0 Å². The smallest absolute Gasteiger partial charge is 0.339 e. The highest BCUT2D eigenvalue weighted by molar-refractivity contribution is 5.88. The highest BCUT2D eigenvalue weighted by Gasteiger charge is 2.17. The number of amides is 1. The number of hydrogen-bond donors (Lipinski definition) is 2. The molecule has 0 saturated heterocycles. The van der Waals surface area contributed by atoms with E-state index in [0.29, 0.717) is 17.9 Å². The summed E-state index contributed by atoms with van der Waals surface area (Å²) in [5, 5.41) is 11.6. The number of furan rings is 1. The molecule has 0 aliphatic heterocycles. The van der Waals surface area contributed by atoms with Gasteiger partial charge in [0, 0.05) is 6.42 Å². The summed E-state index contributed by atoms with van der Waals surface area (Å²) in [4.78, 5) is 22.4. The van der Waals surface area contributed by atoms with Gasteiger partial charge in [-0.05, 0) is 18.4 Å². The van der Waals surface area contributed by atoms with Crippen LogP contribution in [0.5, 0.6) is 0 Å². The number of nitrogens with one attached hydrogen (secondary N) is 1. The first-order chi connectivity index (χ1) is 8.19. The number of aryl methyl sites for hydroxylation is 1. The van der Waals surface area contributed by atoms with Crippen molar-refractivity contribution in [2.45, 2.75) is 40.7 Å². The highest BCUT2D eigenvalue weighted by Crippen LogP contribution is 2.18. The fourth-order valence-electron chi connectivity index (χ4n) is 1.57. The zero-order valence-electron chi connectivity index (χ0n) is 11.2. The molecule has 0 unspecified atom stereocenters. The average Bonchev–Trinajstić information content (AvgIpc) is 2.54. The standard InChI is InChI=1S/C13H19NO4/c1-8-10(12(16)17)5-9(18-8)7-14-11(15)6-13(2,3)4/h5H,6-7H2,1-4H3,(H,14,15)(H,16,17). The Balaban J connectivity index is 2.57. The van der Waals surface area contributed by atoms with Crippen molar-refractivity contribution in [3.05, 3.63) is 23.2 Å². The van der Waals surface area contributed by atoms with E-state index in [2.05, 4.69) is 5.32 Å². The van der Waals surface area contributed by atoms with E-state index in [1.54, 1.807) is 6.92 Å². The Morgan fingerprint density at radius 1 is 1.39 bits per heavy atom. The van der Waals surface area contributed by atoms with E-state index in [9.17, 15) is 9.59 Å². The number of hydrogen-bond acceptors (Lipinski definition) is 3. The molecule has 1 aromatic rings. The summed E-state index contributed by atoms with van der Waals surface area (Å²) in [6.45, 7) is 7.73. The molecule has 0 bridgehead atoms. The zero-order valence-corrected chi connectivity index (χ0v) is 11.2. The molecule has 0 aromatic carbocycles. The van der Waals surface area contributed by atoms with E-state index in [0.717, 1.165) is 0 Å². The van der Waals surface area contributed by atoms with Crippen molar-refractivity contribution in [3.63, 3.8) is 0 Å². The van der Waals surface area contributed by atoms with Crippen LogP contribution in [-0.4, -0.2) is 17.0 Å². The van der Waals surface area contributed by atoms with Crippen LogP contribution in [0.25, 0.3) is 0 Å². The third-order valence-electron chi connectivity index (χ3n) is 2.35. The van der Waals surface area contributed by atoms with Gasteiger partial charge in [0.15, 0.2) is 0 Å². The van der Waals surface area contributed by atoms with Crippen LogP contribution >= 0.6 is 0 Å². The quantitative estimate of drug-likeness (QED) is 0.863. The summed E-state index contributed by atoms with van der Waals surface area (Å²) in [5.41, 5.74) is 0.0603. The molecule has 2 N–H and O–H groups in total. The van der Waals surface area contributed by atoms with Gasteiger partial charge >= 0.3 is 5.97 Å². The van der Waals surface area contributed by atoms with Crippen molar-refractivity contribution >= 4 is 11.9 Å². The summed E-state index contributed by atoms with van der Waals surface area (Å²) >= 11 is 0. The Morgan fingerprint density at radius 3 is 2.44 bits per heavy atom. The minimum Gasteiger partial charge on any atom is -0.478 e. The number of aromatic carboxylic acids is 1. The van der Waals surface area contributed by atoms with Crippen molar-refractivity contribution < 1.29 is 19.1 Å². The van der Waals surface area contributed by atoms with E-state index in [-0.39, 0.29) is 23.4 Å². The van der Waals surface area contributed by atoms with Gasteiger partial charge in [-0.15, -0.1) is 0 Å². The van der Waals surface area contributed by atoms with Gasteiger partial charge in [0.25, 0.3) is 0 Å². The minimum atomic E-state index is -1.02. The largest absolute Gasteiger partial charge is 0.478 e. The second kappa shape index (κ2) is 5.25. The number of carbonyl (C=O) groups is 2. The molecule has 1 amide bonds. The molecule has 100 valence electrons. The Bertz CT molecular complexity index is 454. The van der Waals surface area contributed by atoms with Crippen molar-refractivity contribution in [1.82, 2.24) is 5.32 Å². The highest BCUT2D eigenvalue weighted by atomic mass is 16.4. The molecule has 18 heavy (non-hydrogen) atoms. The molecule has 0 spiro atoms. The van der Waals surface area contributed by atoms with Crippen LogP contribution in [0.15, 0.2) is 10.5 Å². The van der Waals surface area contributed by atoms with Gasteiger partial charge in [-0.2, -0.15) is 0 Å². The summed E-state index contributed by atoms with van der Waals surface area (Å²) in [6, 6.07) is 1.44. The number of carbonyl (C=O) groups excluding carboxylic acids is 1. The molecule has 0 fully saturated rings. The van der Waals surface area contributed by atoms with E-state index in [4.69, 9.17) is 9.52 Å². The molecular weight excluding hydrogens is 234 g/mol. The molecule has 1 aromatic heterocycles. The molecule has 1 rings (SSSR count). The molecule has 1 heterocycles. The van der Waals surface area contributed by atoms with E-state index in [1.165, 1.54) is 6.07 Å². The van der Waals surface area contributed by atoms with Crippen LogP contribution in [0, 0.1) is 12.3 Å². The fourth-order valence-corrected chi connectivity index (χ4v) is 1.57. The first-order valence-electron chi connectivity index (χ1n) is 5.78. The van der Waals surface area contributed by atoms with Crippen LogP contribution in [0.3, 0.4) is 0 Å². The topological polar surface area (TPSA) is 79.5 Å². The third kappa shape index (κ3) is 4.24. The van der Waals surface area contributed by atoms with E-state index < -0.39 is 5.97 Å². The molecule has 0 atom stereocenters. The first kappa shape index (κ1) is 14.3. The van der Waals surface area contributed by atoms with Crippen molar-refractivity contribution in [2.75, 3.05) is 0 Å². The maximum atomic E-state index is 11.6. The van der Waals surface area contributed by atoms with Gasteiger partial charge < -0.3 is 14.8 Å². The van der Waals surface area contributed by atoms with Gasteiger partial charge in [0.1, 0.15) is 17.1 Å². The predicted octanol–water partition coefficient (Wildman–Crippen LogP) is 2.34. The number of carboxylic acid groups (broad SMARTS) is 1. The number of carboxylic acids is 1. The van der Waals surface area contributed by atoms with E-state index >= 15 is 0 Å². The lowest BCUT2D eigenvalue weighted by Crippen LogP contribution is -2.26. The summed E-state index contributed by atoms with van der Waals surface area (Å²) in [5.74, 6) is -0.299. The van der Waals surface area contributed by atoms with Gasteiger partial charge in [-0.3, -0.25) is 4.79 Å². The van der Waals surface area contributed by atoms with Gasteiger partial charge in [-0.25, -0.2) is 4.79 Å². The Hall–Kier alpha value is -1.78. The van der Waals surface area contributed by atoms with Crippen molar-refractivity contribution in [1.29, 1.82) is 0 Å². The van der Waals surface area contributed by atoms with Crippen LogP contribution < -0.4 is 5.32 Å². The molecule has 0 aliphatic rings. The summed E-state index contributed by atoms with van der Waals surface area (Å²) in [7, 11) is 0. The molecule has 0 aliphatic carbocycles. The van der Waals surface area contributed by atoms with Crippen molar-refractivity contribution in [3.8, 4) is 0 Å². The summed E-state index contributed by atoms with van der Waals surface area (Å²) in [6.07, 6.45) is 0.415. The lowest BCUT2D eigenvalue weighted by molar-refractivity contribution is -0.123. The van der Waals surface area contributed by atoms with Gasteiger partial charge in [0.2, 0.25) is 5.91 Å². The molecule has 0 saturated carbocycles. The zero-order chi connectivity index (χ0) is 13.9. The molecule has 0 radical (unpaired) electrons. The maximum absolute atomic E-state index is 11.6. The Labute approximate surface area is 106 Å². The SMILES string of the molecule is Cc1oc(CNC(=O)CC(C)(C)C)cc1C(=O)O. The average molecular weight is 253 g/mol. The Kier molecular flexibility index (Phi) is 4.16. The Morgan fingerprint density at radius 2 is 2.00 bits per heavy atom. The molecular formula is C13H19NO4. The van der Waals surface area contributed by atoms with Crippen LogP contribution in [-0.2, 0) is 11.3 Å². The van der Waals surface area contributed by atoms with Gasteiger partial charge in [-0.1, -0.05) is 20.8 Å². The lowest BCUT2D eigenvalue weighted by Gasteiger charge is -2.16. The maximum Gasteiger partial charge on any atom is 0.339 e. The predicted molar refractivity (Wildman–Crippen MR) is 66.3 cm³/mol. The second-order valence-corrected chi connectivity index (χ2v) is 5.50. The normalized spacial score (nSPS) is 11.3. The van der Waals surface area contributed by atoms with Crippen LogP contribution in [0.4, 0.5) is 0 Å². The van der Waals surface area contributed by atoms with Gasteiger partial charge in [0.05, 0.1) is 6.54 Å². The fraction of sp³-hybridized carbons (Fsp3) is 0.538. The third-order valence-corrected chi connectivity index (χ3v) is 2.35. The second-order valence-electron chi connectivity index (χ2n) is 5.50. The minimum absolute atomic E-state index is 0.0740. The van der Waals surface area contributed by atoms with Crippen molar-refractivity contribution in [2.24, 2.45) is 5.41 Å².